The van der Waals surface area contributed by atoms with Gasteiger partial charge >= 0.3 is 6.03 Å². The minimum atomic E-state index is -0.626. The van der Waals surface area contributed by atoms with Crippen LogP contribution >= 0.6 is 0 Å². The van der Waals surface area contributed by atoms with E-state index in [1.54, 1.807) is 48.6 Å². The van der Waals surface area contributed by atoms with Crippen molar-refractivity contribution in [2.75, 3.05) is 42.2 Å². The summed E-state index contributed by atoms with van der Waals surface area (Å²) in [5, 5.41) is 5.59. The molecule has 11 heteroatoms. The van der Waals surface area contributed by atoms with E-state index in [-0.39, 0.29) is 30.0 Å². The second-order valence-electron chi connectivity index (χ2n) is 10.8. The fourth-order valence-corrected chi connectivity index (χ4v) is 5.39. The summed E-state index contributed by atoms with van der Waals surface area (Å²) in [7, 11) is 1.76. The fraction of sp³-hybridized carbons (Fsp3) is 0.393. The predicted octanol–water partition coefficient (Wildman–Crippen LogP) is 3.79. The van der Waals surface area contributed by atoms with Crippen LogP contribution in [0.15, 0.2) is 48.8 Å². The Kier molecular flexibility index (Phi) is 6.30. The number of ether oxygens (including phenoxy) is 2. The minimum Gasteiger partial charge on any atom is -0.469 e. The number of pyridine rings is 1. The number of likely N-dealkylation sites (N-methyl/N-ethyl adjacent to an activating group) is 1. The van der Waals surface area contributed by atoms with Crippen LogP contribution in [0, 0.1) is 0 Å². The number of morpholine rings is 1. The highest BCUT2D eigenvalue weighted by Crippen LogP contribution is 2.37. The lowest BCUT2D eigenvalue weighted by molar-refractivity contribution is 0.0297. The van der Waals surface area contributed by atoms with Crippen molar-refractivity contribution in [3.05, 3.63) is 54.4 Å². The molecule has 0 spiro atoms. The van der Waals surface area contributed by atoms with Gasteiger partial charge in [0, 0.05) is 49.5 Å². The molecule has 2 fully saturated rings. The number of rotatable bonds is 4. The van der Waals surface area contributed by atoms with E-state index in [2.05, 4.69) is 20.5 Å². The molecule has 202 valence electrons. The number of nitrogens with zero attached hydrogens (tertiary/aromatic N) is 5. The first-order valence-corrected chi connectivity index (χ1v) is 13.1. The molecule has 39 heavy (non-hydrogen) atoms. The molecule has 6 rings (SSSR count). The van der Waals surface area contributed by atoms with Crippen molar-refractivity contribution < 1.29 is 19.1 Å². The Morgan fingerprint density at radius 1 is 0.974 bits per heavy atom. The average molecular weight is 530 g/mol. The second-order valence-corrected chi connectivity index (χ2v) is 10.8. The van der Waals surface area contributed by atoms with Crippen LogP contribution in [0.4, 0.5) is 22.1 Å². The maximum Gasteiger partial charge on any atom is 0.323 e. The lowest BCUT2D eigenvalue weighted by atomic mass is 10.1. The molecule has 2 N–H and O–H groups in total. The van der Waals surface area contributed by atoms with Gasteiger partial charge in [0.2, 0.25) is 11.8 Å². The standard InChI is InChI=1S/C28H31N7O4/c1-28(2)16-34(3)25(36)22-23(32-26(33-24(22)39-28)35-14-20-8-9-21(15-35)38-20)17-4-6-18(7-5-17)30-27(37)31-19-10-12-29-13-11-19/h4-7,10-13,20-21H,8-9,14-16H2,1-3H3,(H2,29,30,31,37). The van der Waals surface area contributed by atoms with E-state index < -0.39 is 5.60 Å². The Morgan fingerprint density at radius 2 is 1.62 bits per heavy atom. The first-order chi connectivity index (χ1) is 18.7. The van der Waals surface area contributed by atoms with Gasteiger partial charge in [0.15, 0.2) is 0 Å². The highest BCUT2D eigenvalue weighted by molar-refractivity contribution is 6.03. The second kappa shape index (κ2) is 9.81. The zero-order chi connectivity index (χ0) is 27.1. The van der Waals surface area contributed by atoms with E-state index in [0.29, 0.717) is 48.2 Å². The number of urea groups is 1. The minimum absolute atomic E-state index is 0.156. The lowest BCUT2D eigenvalue weighted by Gasteiger charge is -2.33. The molecule has 11 nitrogen and oxygen atoms in total. The summed E-state index contributed by atoms with van der Waals surface area (Å²) in [5.41, 5.74) is 2.15. The lowest BCUT2D eigenvalue weighted by Crippen LogP contribution is -2.43. The van der Waals surface area contributed by atoms with Gasteiger partial charge in [-0.25, -0.2) is 9.78 Å². The summed E-state index contributed by atoms with van der Waals surface area (Å²) in [6.45, 7) is 5.69. The molecule has 0 radical (unpaired) electrons. The molecular weight excluding hydrogens is 498 g/mol. The molecule has 2 bridgehead atoms. The molecule has 2 atom stereocenters. The Balaban J connectivity index is 1.34. The van der Waals surface area contributed by atoms with Crippen molar-refractivity contribution in [3.63, 3.8) is 0 Å². The summed E-state index contributed by atoms with van der Waals surface area (Å²) >= 11 is 0. The van der Waals surface area contributed by atoms with Crippen molar-refractivity contribution >= 4 is 29.3 Å². The molecule has 3 aliphatic heterocycles. The largest absolute Gasteiger partial charge is 0.469 e. The van der Waals surface area contributed by atoms with Crippen LogP contribution in [0.3, 0.4) is 0 Å². The van der Waals surface area contributed by atoms with Gasteiger partial charge in [0.1, 0.15) is 11.2 Å². The normalized spacial score (nSPS) is 21.6. The van der Waals surface area contributed by atoms with Gasteiger partial charge in [0.05, 0.1) is 24.4 Å². The van der Waals surface area contributed by atoms with E-state index in [1.165, 1.54) is 0 Å². The Hall–Kier alpha value is -4.25. The number of nitrogens with one attached hydrogen (secondary N) is 2. The molecule has 5 heterocycles. The van der Waals surface area contributed by atoms with Crippen molar-refractivity contribution in [2.45, 2.75) is 44.5 Å². The van der Waals surface area contributed by atoms with Gasteiger partial charge in [-0.3, -0.25) is 9.78 Å². The van der Waals surface area contributed by atoms with Crippen molar-refractivity contribution in [2.24, 2.45) is 0 Å². The topological polar surface area (TPSA) is 122 Å². The Labute approximate surface area is 226 Å². The number of benzene rings is 1. The SMILES string of the molecule is CN1CC(C)(C)Oc2nc(N3CC4CCC(C3)O4)nc(-c3ccc(NC(=O)Nc4ccncc4)cc3)c2C1=O. The molecule has 3 aromatic rings. The Bertz CT molecular complexity index is 1390. The van der Waals surface area contributed by atoms with Gasteiger partial charge in [-0.15, -0.1) is 0 Å². The molecule has 3 amide bonds. The van der Waals surface area contributed by atoms with Crippen molar-refractivity contribution in [1.82, 2.24) is 19.9 Å². The number of fused-ring (bicyclic) bond motifs is 3. The maximum atomic E-state index is 13.6. The van der Waals surface area contributed by atoms with Gasteiger partial charge in [-0.2, -0.15) is 4.98 Å². The number of carbonyl (C=O) groups is 2. The molecule has 0 saturated carbocycles. The molecule has 2 unspecified atom stereocenters. The van der Waals surface area contributed by atoms with Crippen LogP contribution in [0.2, 0.25) is 0 Å². The van der Waals surface area contributed by atoms with Gasteiger partial charge in [-0.05, 0) is 51.0 Å². The molecule has 2 aromatic heterocycles. The maximum absolute atomic E-state index is 13.6. The molecular formula is C28H31N7O4. The zero-order valence-corrected chi connectivity index (χ0v) is 22.2. The number of anilines is 3. The van der Waals surface area contributed by atoms with E-state index in [1.807, 2.05) is 26.0 Å². The quantitative estimate of drug-likeness (QED) is 0.524. The average Bonchev–Trinajstić information content (AvgIpc) is 3.21. The van der Waals surface area contributed by atoms with Gasteiger partial charge in [0.25, 0.3) is 5.91 Å². The number of aromatic nitrogens is 3. The molecule has 2 saturated heterocycles. The number of hydrogen-bond donors (Lipinski definition) is 2. The predicted molar refractivity (Wildman–Crippen MR) is 146 cm³/mol. The van der Waals surface area contributed by atoms with Crippen LogP contribution in [0.25, 0.3) is 11.3 Å². The Morgan fingerprint density at radius 3 is 2.28 bits per heavy atom. The van der Waals surface area contributed by atoms with Crippen LogP contribution < -0.4 is 20.3 Å². The van der Waals surface area contributed by atoms with Crippen LogP contribution in [0.1, 0.15) is 37.0 Å². The molecule has 3 aliphatic rings. The first-order valence-electron chi connectivity index (χ1n) is 13.1. The fourth-order valence-electron chi connectivity index (χ4n) is 5.39. The molecule has 1 aromatic carbocycles. The van der Waals surface area contributed by atoms with Crippen LogP contribution in [-0.2, 0) is 4.74 Å². The van der Waals surface area contributed by atoms with Gasteiger partial charge < -0.3 is 29.9 Å². The summed E-state index contributed by atoms with van der Waals surface area (Å²) in [6.07, 6.45) is 5.57. The third kappa shape index (κ3) is 5.22. The summed E-state index contributed by atoms with van der Waals surface area (Å²) in [6, 6.07) is 10.3. The summed E-state index contributed by atoms with van der Waals surface area (Å²) in [4.78, 5) is 43.4. The van der Waals surface area contributed by atoms with Crippen LogP contribution in [-0.4, -0.2) is 76.3 Å². The number of amides is 3. The number of carbonyl (C=O) groups excluding carboxylic acids is 2. The smallest absolute Gasteiger partial charge is 0.323 e. The van der Waals surface area contributed by atoms with E-state index >= 15 is 0 Å². The molecule has 0 aliphatic carbocycles. The third-order valence-corrected chi connectivity index (χ3v) is 7.10. The monoisotopic (exact) mass is 529 g/mol. The third-order valence-electron chi connectivity index (χ3n) is 7.10. The van der Waals surface area contributed by atoms with Crippen molar-refractivity contribution in [3.8, 4) is 17.1 Å². The zero-order valence-electron chi connectivity index (χ0n) is 22.2. The highest BCUT2D eigenvalue weighted by atomic mass is 16.5. The number of hydrogen-bond acceptors (Lipinski definition) is 8. The highest BCUT2D eigenvalue weighted by Gasteiger charge is 2.39. The van der Waals surface area contributed by atoms with Crippen molar-refractivity contribution in [1.29, 1.82) is 0 Å². The van der Waals surface area contributed by atoms with E-state index in [4.69, 9.17) is 19.4 Å². The van der Waals surface area contributed by atoms with E-state index in [0.717, 1.165) is 18.4 Å². The van der Waals surface area contributed by atoms with E-state index in [9.17, 15) is 9.59 Å². The van der Waals surface area contributed by atoms with Gasteiger partial charge in [-0.1, -0.05) is 12.1 Å². The summed E-state index contributed by atoms with van der Waals surface area (Å²) in [5.74, 6) is 0.612. The summed E-state index contributed by atoms with van der Waals surface area (Å²) < 4.78 is 12.4. The first kappa shape index (κ1) is 25.1. The van der Waals surface area contributed by atoms with Crippen LogP contribution in [0.5, 0.6) is 5.88 Å².